The predicted molar refractivity (Wildman–Crippen MR) is 92.4 cm³/mol. The zero-order valence-electron chi connectivity index (χ0n) is 12.7. The molecule has 0 radical (unpaired) electrons. The molecule has 118 valence electrons. The maximum Gasteiger partial charge on any atom is 0.329 e. The summed E-state index contributed by atoms with van der Waals surface area (Å²) in [6.07, 6.45) is 3.73. The van der Waals surface area contributed by atoms with Crippen molar-refractivity contribution in [3.8, 4) is 0 Å². The van der Waals surface area contributed by atoms with Gasteiger partial charge >= 0.3 is 5.69 Å². The van der Waals surface area contributed by atoms with Crippen molar-refractivity contribution in [1.82, 2.24) is 9.55 Å². The summed E-state index contributed by atoms with van der Waals surface area (Å²) in [6.45, 7) is 3.96. The van der Waals surface area contributed by atoms with Crippen LogP contribution < -0.4 is 11.2 Å². The Morgan fingerprint density at radius 2 is 1.91 bits per heavy atom. The molecule has 0 atom stereocenters. The van der Waals surface area contributed by atoms with E-state index in [0.29, 0.717) is 16.8 Å². The highest BCUT2D eigenvalue weighted by atomic mass is 32.1. The summed E-state index contributed by atoms with van der Waals surface area (Å²) in [6, 6.07) is 6.16. The molecule has 3 rings (SSSR count). The standard InChI is InChI=1S/C17H15FN2O2S/c1-3-20-16(21)14-10(2)13(23-15(14)19-17(20)22)9-6-11-4-7-12(18)8-5-11/h4-9H,3H2,1-2H3,(H,19,22)/b9-6+. The van der Waals surface area contributed by atoms with Gasteiger partial charge in [0, 0.05) is 11.4 Å². The third-order valence-electron chi connectivity index (χ3n) is 3.72. The Kier molecular flexibility index (Phi) is 4.00. The van der Waals surface area contributed by atoms with Gasteiger partial charge in [-0.05, 0) is 43.2 Å². The van der Waals surface area contributed by atoms with Crippen molar-refractivity contribution in [3.05, 3.63) is 66.9 Å². The van der Waals surface area contributed by atoms with Gasteiger partial charge in [0.1, 0.15) is 10.6 Å². The smallest absolute Gasteiger partial charge is 0.298 e. The SMILES string of the molecule is CCn1c(=O)[nH]c2sc(/C=C/c3ccc(F)cc3)c(C)c2c1=O. The minimum Gasteiger partial charge on any atom is -0.298 e. The van der Waals surface area contributed by atoms with Crippen molar-refractivity contribution < 1.29 is 4.39 Å². The van der Waals surface area contributed by atoms with E-state index < -0.39 is 0 Å². The molecular formula is C17H15FN2O2S. The molecule has 1 N–H and O–H groups in total. The fourth-order valence-electron chi connectivity index (χ4n) is 2.46. The Balaban J connectivity index is 2.11. The van der Waals surface area contributed by atoms with Crippen molar-refractivity contribution in [2.24, 2.45) is 0 Å². The number of fused-ring (bicyclic) bond motifs is 1. The molecule has 4 nitrogen and oxygen atoms in total. The molecule has 0 saturated carbocycles. The predicted octanol–water partition coefficient (Wildman–Crippen LogP) is 3.39. The molecule has 0 fully saturated rings. The van der Waals surface area contributed by atoms with Gasteiger partial charge in [0.2, 0.25) is 0 Å². The Labute approximate surface area is 135 Å². The molecule has 23 heavy (non-hydrogen) atoms. The summed E-state index contributed by atoms with van der Waals surface area (Å²) in [4.78, 5) is 28.5. The summed E-state index contributed by atoms with van der Waals surface area (Å²) in [7, 11) is 0. The van der Waals surface area contributed by atoms with E-state index in [9.17, 15) is 14.0 Å². The van der Waals surface area contributed by atoms with E-state index in [4.69, 9.17) is 0 Å². The zero-order valence-corrected chi connectivity index (χ0v) is 13.5. The van der Waals surface area contributed by atoms with Gasteiger partial charge in [-0.3, -0.25) is 14.3 Å². The Morgan fingerprint density at radius 1 is 1.22 bits per heavy atom. The molecule has 0 aliphatic heterocycles. The van der Waals surface area contributed by atoms with E-state index in [-0.39, 0.29) is 17.1 Å². The molecule has 0 aliphatic carbocycles. The molecule has 0 bridgehead atoms. The van der Waals surface area contributed by atoms with Crippen molar-refractivity contribution in [2.45, 2.75) is 20.4 Å². The van der Waals surface area contributed by atoms with Crippen molar-refractivity contribution >= 4 is 33.7 Å². The molecule has 0 unspecified atom stereocenters. The number of nitrogens with zero attached hydrogens (tertiary/aromatic N) is 1. The van der Waals surface area contributed by atoms with Crippen LogP contribution in [0.15, 0.2) is 33.9 Å². The van der Waals surface area contributed by atoms with Crippen molar-refractivity contribution in [1.29, 1.82) is 0 Å². The average molecular weight is 330 g/mol. The van der Waals surface area contributed by atoms with Crippen molar-refractivity contribution in [2.75, 3.05) is 0 Å². The van der Waals surface area contributed by atoms with E-state index in [1.807, 2.05) is 19.1 Å². The minimum absolute atomic E-state index is 0.263. The van der Waals surface area contributed by atoms with Gasteiger partial charge in [0.25, 0.3) is 5.56 Å². The highest BCUT2D eigenvalue weighted by Crippen LogP contribution is 2.28. The fraction of sp³-hybridized carbons (Fsp3) is 0.176. The maximum absolute atomic E-state index is 12.9. The third kappa shape index (κ3) is 2.77. The maximum atomic E-state index is 12.9. The van der Waals surface area contributed by atoms with Gasteiger partial charge in [0.05, 0.1) is 5.39 Å². The van der Waals surface area contributed by atoms with Gasteiger partial charge in [0.15, 0.2) is 0 Å². The number of hydrogen-bond acceptors (Lipinski definition) is 3. The van der Waals surface area contributed by atoms with Crippen LogP contribution in [-0.4, -0.2) is 9.55 Å². The summed E-state index contributed by atoms with van der Waals surface area (Å²) in [5.74, 6) is -0.280. The lowest BCUT2D eigenvalue weighted by Gasteiger charge is -2.00. The van der Waals surface area contributed by atoms with Crippen LogP contribution in [0.5, 0.6) is 0 Å². The second-order valence-corrected chi connectivity index (χ2v) is 6.21. The second-order valence-electron chi connectivity index (χ2n) is 5.16. The Bertz CT molecular complexity index is 1010. The van der Waals surface area contributed by atoms with Crippen LogP contribution in [0.2, 0.25) is 0 Å². The molecule has 0 amide bonds. The molecular weight excluding hydrogens is 315 g/mol. The molecule has 0 spiro atoms. The van der Waals surface area contributed by atoms with Crippen LogP contribution in [0.3, 0.4) is 0 Å². The summed E-state index contributed by atoms with van der Waals surface area (Å²) < 4.78 is 14.1. The second kappa shape index (κ2) is 5.96. The first-order valence-electron chi connectivity index (χ1n) is 7.21. The Hall–Kier alpha value is -2.47. The highest BCUT2D eigenvalue weighted by Gasteiger charge is 2.13. The number of rotatable bonds is 3. The monoisotopic (exact) mass is 330 g/mol. The van der Waals surface area contributed by atoms with E-state index in [1.165, 1.54) is 28.0 Å². The molecule has 0 aliphatic rings. The van der Waals surface area contributed by atoms with Gasteiger partial charge < -0.3 is 0 Å². The lowest BCUT2D eigenvalue weighted by molar-refractivity contribution is 0.628. The number of nitrogens with one attached hydrogen (secondary N) is 1. The van der Waals surface area contributed by atoms with Crippen LogP contribution in [0.1, 0.15) is 22.9 Å². The molecule has 1 aromatic carbocycles. The van der Waals surface area contributed by atoms with Gasteiger partial charge in [-0.1, -0.05) is 18.2 Å². The summed E-state index contributed by atoms with van der Waals surface area (Å²) in [5, 5.41) is 0.551. The Morgan fingerprint density at radius 3 is 2.57 bits per heavy atom. The molecule has 3 aromatic rings. The van der Waals surface area contributed by atoms with E-state index in [0.717, 1.165) is 16.0 Å². The normalized spacial score (nSPS) is 11.6. The van der Waals surface area contributed by atoms with E-state index in [1.54, 1.807) is 19.1 Å². The average Bonchev–Trinajstić information content (AvgIpc) is 2.83. The van der Waals surface area contributed by atoms with Gasteiger partial charge in [-0.25, -0.2) is 9.18 Å². The number of aromatic nitrogens is 2. The summed E-state index contributed by atoms with van der Waals surface area (Å²) in [5.41, 5.74) is 1.05. The number of aromatic amines is 1. The van der Waals surface area contributed by atoms with Crippen LogP contribution in [-0.2, 0) is 6.54 Å². The first kappa shape index (κ1) is 15.4. The minimum atomic E-state index is -0.389. The number of H-pyrrole nitrogens is 1. The zero-order chi connectivity index (χ0) is 16.6. The first-order chi connectivity index (χ1) is 11.0. The fourth-order valence-corrected chi connectivity index (χ4v) is 3.55. The van der Waals surface area contributed by atoms with Crippen LogP contribution in [0.4, 0.5) is 4.39 Å². The van der Waals surface area contributed by atoms with Crippen molar-refractivity contribution in [3.63, 3.8) is 0 Å². The first-order valence-corrected chi connectivity index (χ1v) is 8.02. The quantitative estimate of drug-likeness (QED) is 0.800. The highest BCUT2D eigenvalue weighted by molar-refractivity contribution is 7.19. The number of aryl methyl sites for hydroxylation is 1. The van der Waals surface area contributed by atoms with Crippen LogP contribution >= 0.6 is 11.3 Å². The summed E-state index contributed by atoms with van der Waals surface area (Å²) >= 11 is 1.36. The number of halogens is 1. The van der Waals surface area contributed by atoms with Gasteiger partial charge in [-0.2, -0.15) is 0 Å². The molecule has 0 saturated heterocycles. The number of benzene rings is 1. The van der Waals surface area contributed by atoms with E-state index in [2.05, 4.69) is 4.98 Å². The van der Waals surface area contributed by atoms with Crippen LogP contribution in [0, 0.1) is 12.7 Å². The lowest BCUT2D eigenvalue weighted by atomic mass is 10.1. The van der Waals surface area contributed by atoms with Crippen LogP contribution in [0.25, 0.3) is 22.4 Å². The largest absolute Gasteiger partial charge is 0.329 e. The number of hydrogen-bond donors (Lipinski definition) is 1. The lowest BCUT2D eigenvalue weighted by Crippen LogP contribution is -2.34. The topological polar surface area (TPSA) is 54.9 Å². The molecule has 2 heterocycles. The van der Waals surface area contributed by atoms with E-state index >= 15 is 0 Å². The van der Waals surface area contributed by atoms with Gasteiger partial charge in [-0.15, -0.1) is 11.3 Å². The molecule has 6 heteroatoms. The third-order valence-corrected chi connectivity index (χ3v) is 4.89. The molecule has 2 aromatic heterocycles. The number of thiophene rings is 1.